The van der Waals surface area contributed by atoms with Crippen LogP contribution in [0, 0.1) is 0 Å². The molecule has 1 aromatic heterocycles. The number of benzene rings is 1. The Labute approximate surface area is 146 Å². The van der Waals surface area contributed by atoms with Crippen molar-refractivity contribution >= 4 is 30.4 Å². The Balaban J connectivity index is 2.28. The van der Waals surface area contributed by atoms with Crippen molar-refractivity contribution in [3.05, 3.63) is 46.9 Å². The van der Waals surface area contributed by atoms with Crippen molar-refractivity contribution in [1.29, 1.82) is 0 Å². The van der Waals surface area contributed by atoms with Crippen molar-refractivity contribution in [1.82, 2.24) is 9.97 Å². The average Bonchev–Trinajstić information content (AvgIpc) is 2.58. The molecule has 0 aliphatic carbocycles. The molecule has 25 heavy (non-hydrogen) atoms. The molecule has 130 valence electrons. The highest BCUT2D eigenvalue weighted by atomic mass is 35.5. The van der Waals surface area contributed by atoms with Gasteiger partial charge in [-0.1, -0.05) is 29.8 Å². The predicted octanol–water partition coefficient (Wildman–Crippen LogP) is 3.81. The van der Waals surface area contributed by atoms with Gasteiger partial charge >= 0.3 is 6.18 Å². The summed E-state index contributed by atoms with van der Waals surface area (Å²) in [6.07, 6.45) is -2.74. The van der Waals surface area contributed by atoms with Gasteiger partial charge in [0.25, 0.3) is 0 Å². The molecule has 0 atom stereocenters. The highest BCUT2D eigenvalue weighted by Gasteiger charge is 2.35. The van der Waals surface area contributed by atoms with Crippen LogP contribution in [0.4, 0.5) is 13.2 Å². The Bertz CT molecular complexity index is 821. The molecule has 0 radical (unpaired) electrons. The van der Waals surface area contributed by atoms with Crippen molar-refractivity contribution in [3.8, 4) is 11.3 Å². The summed E-state index contributed by atoms with van der Waals surface area (Å²) in [5.74, 6) is -1.07. The number of carbonyl (C=O) groups excluding carboxylic acids is 1. The summed E-state index contributed by atoms with van der Waals surface area (Å²) in [5.41, 5.74) is 1.07. The zero-order chi connectivity index (χ0) is 18.4. The summed E-state index contributed by atoms with van der Waals surface area (Å²) in [5, 5.41) is 0.392. The van der Waals surface area contributed by atoms with Gasteiger partial charge in [-0.15, -0.1) is 0 Å². The second-order valence-electron chi connectivity index (χ2n) is 4.80. The predicted molar refractivity (Wildman–Crippen MR) is 89.5 cm³/mol. The van der Waals surface area contributed by atoms with Gasteiger partial charge < -0.3 is 0 Å². The maximum absolute atomic E-state index is 12.5. The minimum atomic E-state index is -4.66. The molecular weight excluding hydrogens is 357 g/mol. The van der Waals surface area contributed by atoms with Crippen LogP contribution in [0.5, 0.6) is 0 Å². The van der Waals surface area contributed by atoms with E-state index in [1.165, 1.54) is 6.20 Å². The fourth-order valence-corrected chi connectivity index (χ4v) is 2.22. The minimum absolute atomic E-state index is 0.0334. The fourth-order valence-electron chi connectivity index (χ4n) is 1.99. The highest BCUT2D eigenvalue weighted by Crippen LogP contribution is 2.28. The third kappa shape index (κ3) is 4.69. The number of hydrogen-bond acceptors (Lipinski definition) is 4. The lowest BCUT2D eigenvalue weighted by atomic mass is 10.1. The van der Waals surface area contributed by atoms with Crippen molar-refractivity contribution in [2.45, 2.75) is 12.6 Å². The van der Waals surface area contributed by atoms with Gasteiger partial charge in [0.2, 0.25) is 5.84 Å². The van der Waals surface area contributed by atoms with Gasteiger partial charge in [-0.3, -0.25) is 9.79 Å². The highest BCUT2D eigenvalue weighted by molar-refractivity contribution is 6.33. The van der Waals surface area contributed by atoms with E-state index in [1.807, 2.05) is 0 Å². The summed E-state index contributed by atoms with van der Waals surface area (Å²) in [6.45, 7) is 2.63. The molecule has 0 unspecified atom stereocenters. The maximum Gasteiger partial charge on any atom is 0.451 e. The van der Waals surface area contributed by atoms with Gasteiger partial charge in [-0.25, -0.2) is 15.0 Å². The Kier molecular flexibility index (Phi) is 5.97. The summed E-state index contributed by atoms with van der Waals surface area (Å²) in [4.78, 5) is 25.6. The maximum atomic E-state index is 12.5. The van der Waals surface area contributed by atoms with Crippen LogP contribution in [0.15, 0.2) is 40.4 Å². The Morgan fingerprint density at radius 2 is 2.04 bits per heavy atom. The van der Waals surface area contributed by atoms with Crippen LogP contribution >= 0.6 is 11.6 Å². The van der Waals surface area contributed by atoms with Crippen molar-refractivity contribution in [2.24, 2.45) is 9.98 Å². The number of halogens is 4. The second-order valence-corrected chi connectivity index (χ2v) is 5.21. The van der Waals surface area contributed by atoms with Crippen molar-refractivity contribution < 1.29 is 18.0 Å². The first-order valence-electron chi connectivity index (χ1n) is 7.01. The lowest BCUT2D eigenvalue weighted by molar-refractivity contribution is -0.0598. The largest absolute Gasteiger partial charge is 0.451 e. The number of nitrogens with zero attached hydrogens (tertiary/aromatic N) is 4. The van der Waals surface area contributed by atoms with Crippen LogP contribution in [-0.4, -0.2) is 41.5 Å². The van der Waals surface area contributed by atoms with Gasteiger partial charge in [0, 0.05) is 29.7 Å². The van der Waals surface area contributed by atoms with Crippen LogP contribution in [0.1, 0.15) is 16.2 Å². The Morgan fingerprint density at radius 3 is 2.64 bits per heavy atom. The zero-order valence-electron chi connectivity index (χ0n) is 12.8. The van der Waals surface area contributed by atoms with Crippen LogP contribution in [0.25, 0.3) is 11.3 Å². The van der Waals surface area contributed by atoms with Gasteiger partial charge in [0.15, 0.2) is 6.29 Å². The number of amidine groups is 1. The first-order chi connectivity index (χ1) is 11.9. The molecule has 5 nitrogen and oxygen atoms in total. The number of rotatable bonds is 5. The smallest absolute Gasteiger partial charge is 0.298 e. The van der Waals surface area contributed by atoms with Gasteiger partial charge in [0.1, 0.15) is 5.82 Å². The molecule has 2 aromatic rings. The normalized spacial score (nSPS) is 12.1. The molecule has 9 heteroatoms. The Hall–Kier alpha value is -2.61. The molecule has 2 rings (SSSR count). The monoisotopic (exact) mass is 368 g/mol. The average molecular weight is 369 g/mol. The zero-order valence-corrected chi connectivity index (χ0v) is 13.6. The van der Waals surface area contributed by atoms with Gasteiger partial charge in [-0.2, -0.15) is 13.2 Å². The second kappa shape index (κ2) is 7.98. The van der Waals surface area contributed by atoms with Crippen LogP contribution < -0.4 is 0 Å². The molecule has 0 aliphatic rings. The first-order valence-corrected chi connectivity index (χ1v) is 7.39. The standard InChI is InChI=1S/C16H12ClF3N4O/c1-21-15(16(18,19)20)22-7-6-13-23-8-10(9-25)14(24-13)11-4-2-3-5-12(11)17/h2-5,8-9H,1,6-7H2/b22-15-. The van der Waals surface area contributed by atoms with Gasteiger partial charge in [0.05, 0.1) is 11.3 Å². The SMILES string of the molecule is C=N/C(=N\CCc1ncc(C=O)c(-c2ccccc2Cl)n1)C(F)(F)F. The molecule has 0 N–H and O–H groups in total. The summed E-state index contributed by atoms with van der Waals surface area (Å²) >= 11 is 6.11. The fraction of sp³-hybridized carbons (Fsp3) is 0.188. The van der Waals surface area contributed by atoms with E-state index >= 15 is 0 Å². The lowest BCUT2D eigenvalue weighted by Crippen LogP contribution is -2.21. The Morgan fingerprint density at radius 1 is 1.32 bits per heavy atom. The van der Waals surface area contributed by atoms with Crippen LogP contribution in [0.2, 0.25) is 5.02 Å². The number of aromatic nitrogens is 2. The van der Waals surface area contributed by atoms with E-state index in [2.05, 4.69) is 26.7 Å². The van der Waals surface area contributed by atoms with E-state index < -0.39 is 12.0 Å². The van der Waals surface area contributed by atoms with E-state index in [0.717, 1.165) is 0 Å². The van der Waals surface area contributed by atoms with E-state index in [0.29, 0.717) is 22.6 Å². The molecule has 0 spiro atoms. The number of aliphatic imine (C=N–C) groups is 2. The summed E-state index contributed by atoms with van der Waals surface area (Å²) < 4.78 is 37.6. The number of hydrogen-bond donors (Lipinski definition) is 0. The van der Waals surface area contributed by atoms with E-state index in [4.69, 9.17) is 11.6 Å². The molecule has 0 aliphatic heterocycles. The molecular formula is C16H12ClF3N4O. The molecule has 0 fully saturated rings. The van der Waals surface area contributed by atoms with Crippen molar-refractivity contribution in [3.63, 3.8) is 0 Å². The molecule has 1 aromatic carbocycles. The first kappa shape index (κ1) is 18.7. The third-order valence-electron chi connectivity index (χ3n) is 3.12. The molecule has 0 amide bonds. The van der Waals surface area contributed by atoms with Crippen LogP contribution in [-0.2, 0) is 6.42 Å². The lowest BCUT2D eigenvalue weighted by Gasteiger charge is -2.08. The van der Waals surface area contributed by atoms with E-state index in [-0.39, 0.29) is 24.4 Å². The molecule has 1 heterocycles. The number of alkyl halides is 3. The van der Waals surface area contributed by atoms with Crippen molar-refractivity contribution in [2.75, 3.05) is 6.54 Å². The topological polar surface area (TPSA) is 67.6 Å². The number of carbonyl (C=O) groups is 1. The minimum Gasteiger partial charge on any atom is -0.298 e. The van der Waals surface area contributed by atoms with Gasteiger partial charge in [-0.05, 0) is 12.8 Å². The third-order valence-corrected chi connectivity index (χ3v) is 3.45. The summed E-state index contributed by atoms with van der Waals surface area (Å²) in [7, 11) is 0. The molecule has 0 bridgehead atoms. The number of aldehydes is 1. The summed E-state index contributed by atoms with van der Waals surface area (Å²) in [6, 6.07) is 6.78. The van der Waals surface area contributed by atoms with E-state index in [9.17, 15) is 18.0 Å². The van der Waals surface area contributed by atoms with Crippen LogP contribution in [0.3, 0.4) is 0 Å². The quantitative estimate of drug-likeness (QED) is 0.458. The van der Waals surface area contributed by atoms with E-state index in [1.54, 1.807) is 24.3 Å². The molecule has 0 saturated heterocycles. The molecule has 0 saturated carbocycles.